The first-order valence-electron chi connectivity index (χ1n) is 4.00. The molecular formula is C10H6BrF2N. The number of hydrogen-bond donors (Lipinski definition) is 0. The van der Waals surface area contributed by atoms with Crippen molar-refractivity contribution in [3.8, 4) is 0 Å². The summed E-state index contributed by atoms with van der Waals surface area (Å²) >= 11 is 3.28. The fourth-order valence-electron chi connectivity index (χ4n) is 1.24. The van der Waals surface area contributed by atoms with Gasteiger partial charge < -0.3 is 0 Å². The van der Waals surface area contributed by atoms with Gasteiger partial charge in [-0.3, -0.25) is 4.98 Å². The van der Waals surface area contributed by atoms with Crippen molar-refractivity contribution in [3.63, 3.8) is 0 Å². The Labute approximate surface area is 87.9 Å². The summed E-state index contributed by atoms with van der Waals surface area (Å²) in [7, 11) is 0. The smallest absolute Gasteiger partial charge is 0.256 e. The minimum atomic E-state index is -2.47. The van der Waals surface area contributed by atoms with E-state index in [0.29, 0.717) is 0 Å². The van der Waals surface area contributed by atoms with Gasteiger partial charge in [0.05, 0.1) is 5.52 Å². The second-order valence-corrected chi connectivity index (χ2v) is 3.82. The summed E-state index contributed by atoms with van der Waals surface area (Å²) in [6, 6.07) is 6.85. The quantitative estimate of drug-likeness (QED) is 0.755. The van der Waals surface area contributed by atoms with Crippen LogP contribution in [-0.4, -0.2) is 4.98 Å². The molecule has 1 heterocycles. The Kier molecular flexibility index (Phi) is 2.46. The van der Waals surface area contributed by atoms with Crippen molar-refractivity contribution in [2.24, 2.45) is 0 Å². The van der Waals surface area contributed by atoms with E-state index in [1.165, 1.54) is 12.3 Å². The van der Waals surface area contributed by atoms with E-state index in [4.69, 9.17) is 0 Å². The van der Waals surface area contributed by atoms with Gasteiger partial charge in [0, 0.05) is 21.6 Å². The molecule has 0 aliphatic heterocycles. The van der Waals surface area contributed by atoms with Crippen LogP contribution in [0.3, 0.4) is 0 Å². The highest BCUT2D eigenvalue weighted by Gasteiger charge is 2.07. The first kappa shape index (κ1) is 9.52. The number of hydrogen-bond acceptors (Lipinski definition) is 1. The van der Waals surface area contributed by atoms with Crippen molar-refractivity contribution in [1.29, 1.82) is 0 Å². The van der Waals surface area contributed by atoms with E-state index in [-0.39, 0.29) is 5.56 Å². The molecule has 0 amide bonds. The molecule has 2 aromatic rings. The summed E-state index contributed by atoms with van der Waals surface area (Å²) in [5.74, 6) is 0. The SMILES string of the molecule is FC(F)c1cnc2ccc(Br)cc2c1. The number of alkyl halides is 2. The van der Waals surface area contributed by atoms with E-state index in [9.17, 15) is 8.78 Å². The molecule has 0 aliphatic rings. The van der Waals surface area contributed by atoms with Crippen molar-refractivity contribution in [2.45, 2.75) is 6.43 Å². The zero-order valence-corrected chi connectivity index (χ0v) is 8.63. The fourth-order valence-corrected chi connectivity index (χ4v) is 1.62. The second-order valence-electron chi connectivity index (χ2n) is 2.91. The van der Waals surface area contributed by atoms with E-state index in [1.807, 2.05) is 6.07 Å². The van der Waals surface area contributed by atoms with E-state index < -0.39 is 6.43 Å². The predicted octanol–water partition coefficient (Wildman–Crippen LogP) is 3.93. The van der Waals surface area contributed by atoms with Gasteiger partial charge in [0.15, 0.2) is 0 Å². The molecule has 72 valence electrons. The van der Waals surface area contributed by atoms with Crippen molar-refractivity contribution in [1.82, 2.24) is 4.98 Å². The van der Waals surface area contributed by atoms with Gasteiger partial charge in [0.25, 0.3) is 6.43 Å². The lowest BCUT2D eigenvalue weighted by atomic mass is 10.2. The van der Waals surface area contributed by atoms with Gasteiger partial charge in [0.2, 0.25) is 0 Å². The molecule has 0 spiro atoms. The molecule has 4 heteroatoms. The van der Waals surface area contributed by atoms with Crippen molar-refractivity contribution >= 4 is 26.8 Å². The topological polar surface area (TPSA) is 12.9 Å². The molecule has 0 unspecified atom stereocenters. The van der Waals surface area contributed by atoms with E-state index >= 15 is 0 Å². The van der Waals surface area contributed by atoms with Crippen LogP contribution in [0.4, 0.5) is 8.78 Å². The number of aromatic nitrogens is 1. The Hall–Kier alpha value is -1.03. The van der Waals surface area contributed by atoms with E-state index in [0.717, 1.165) is 15.4 Å². The Morgan fingerprint density at radius 1 is 1.21 bits per heavy atom. The number of benzene rings is 1. The van der Waals surface area contributed by atoms with Crippen LogP contribution >= 0.6 is 15.9 Å². The minimum Gasteiger partial charge on any atom is -0.256 e. The van der Waals surface area contributed by atoms with E-state index in [2.05, 4.69) is 20.9 Å². The number of nitrogens with zero attached hydrogens (tertiary/aromatic N) is 1. The molecule has 0 bridgehead atoms. The van der Waals surface area contributed by atoms with Crippen molar-refractivity contribution in [2.75, 3.05) is 0 Å². The summed E-state index contributed by atoms with van der Waals surface area (Å²) in [5.41, 5.74) is 0.674. The average molecular weight is 258 g/mol. The molecule has 0 radical (unpaired) electrons. The molecule has 0 saturated carbocycles. The number of rotatable bonds is 1. The van der Waals surface area contributed by atoms with Crippen LogP contribution in [0.2, 0.25) is 0 Å². The fraction of sp³-hybridized carbons (Fsp3) is 0.100. The van der Waals surface area contributed by atoms with Gasteiger partial charge in [-0.25, -0.2) is 8.78 Å². The second kappa shape index (κ2) is 3.61. The molecule has 0 aliphatic carbocycles. The third-order valence-corrected chi connectivity index (χ3v) is 2.41. The first-order valence-corrected chi connectivity index (χ1v) is 4.79. The minimum absolute atomic E-state index is 0.0457. The van der Waals surface area contributed by atoms with Gasteiger partial charge in [-0.2, -0.15) is 0 Å². The third-order valence-electron chi connectivity index (χ3n) is 1.92. The van der Waals surface area contributed by atoms with Gasteiger partial charge in [-0.05, 0) is 24.3 Å². The maximum Gasteiger partial charge on any atom is 0.265 e. The number of halogens is 3. The molecule has 0 fully saturated rings. The molecule has 14 heavy (non-hydrogen) atoms. The number of pyridine rings is 1. The summed E-state index contributed by atoms with van der Waals surface area (Å²) in [5, 5.41) is 0.720. The van der Waals surface area contributed by atoms with Gasteiger partial charge in [0.1, 0.15) is 0 Å². The molecule has 1 aromatic carbocycles. The van der Waals surface area contributed by atoms with Gasteiger partial charge in [-0.15, -0.1) is 0 Å². The summed E-state index contributed by atoms with van der Waals surface area (Å²) in [6.45, 7) is 0. The third kappa shape index (κ3) is 1.75. The van der Waals surface area contributed by atoms with Gasteiger partial charge in [-0.1, -0.05) is 15.9 Å². The van der Waals surface area contributed by atoms with Crippen LogP contribution in [0.15, 0.2) is 34.9 Å². The summed E-state index contributed by atoms with van der Waals surface area (Å²) in [4.78, 5) is 3.94. The van der Waals surface area contributed by atoms with Crippen LogP contribution in [0.5, 0.6) is 0 Å². The Morgan fingerprint density at radius 2 is 2.00 bits per heavy atom. The van der Waals surface area contributed by atoms with Crippen molar-refractivity contribution < 1.29 is 8.78 Å². The molecular weight excluding hydrogens is 252 g/mol. The highest BCUT2D eigenvalue weighted by Crippen LogP contribution is 2.23. The van der Waals surface area contributed by atoms with Crippen molar-refractivity contribution in [3.05, 3.63) is 40.5 Å². The summed E-state index contributed by atoms with van der Waals surface area (Å²) in [6.07, 6.45) is -1.26. The maximum absolute atomic E-state index is 12.3. The van der Waals surface area contributed by atoms with Gasteiger partial charge >= 0.3 is 0 Å². The zero-order valence-electron chi connectivity index (χ0n) is 7.05. The monoisotopic (exact) mass is 257 g/mol. The molecule has 2 rings (SSSR count). The van der Waals surface area contributed by atoms with Crippen LogP contribution in [0.1, 0.15) is 12.0 Å². The maximum atomic E-state index is 12.3. The summed E-state index contributed by atoms with van der Waals surface area (Å²) < 4.78 is 25.5. The molecule has 0 N–H and O–H groups in total. The lowest BCUT2D eigenvalue weighted by Crippen LogP contribution is -1.87. The lowest BCUT2D eigenvalue weighted by molar-refractivity contribution is 0.151. The Bertz CT molecular complexity index is 471. The van der Waals surface area contributed by atoms with Crippen LogP contribution in [-0.2, 0) is 0 Å². The molecule has 0 atom stereocenters. The van der Waals surface area contributed by atoms with Crippen LogP contribution in [0.25, 0.3) is 10.9 Å². The highest BCUT2D eigenvalue weighted by atomic mass is 79.9. The first-order chi connectivity index (χ1) is 6.66. The van der Waals surface area contributed by atoms with Crippen LogP contribution in [0, 0.1) is 0 Å². The largest absolute Gasteiger partial charge is 0.265 e. The average Bonchev–Trinajstić information content (AvgIpc) is 2.16. The predicted molar refractivity (Wildman–Crippen MR) is 54.4 cm³/mol. The molecule has 1 nitrogen and oxygen atoms in total. The Balaban J connectivity index is 2.63. The molecule has 0 saturated heterocycles. The normalized spacial score (nSPS) is 11.1. The highest BCUT2D eigenvalue weighted by molar-refractivity contribution is 9.10. The zero-order chi connectivity index (χ0) is 10.1. The lowest BCUT2D eigenvalue weighted by Gasteiger charge is -2.01. The standard InChI is InChI=1S/C10H6BrF2N/c11-8-1-2-9-6(4-8)3-7(5-14-9)10(12)13/h1-5,10H. The Morgan fingerprint density at radius 3 is 2.71 bits per heavy atom. The molecule has 1 aromatic heterocycles. The number of fused-ring (bicyclic) bond motifs is 1. The van der Waals surface area contributed by atoms with E-state index in [1.54, 1.807) is 12.1 Å². The van der Waals surface area contributed by atoms with Crippen LogP contribution < -0.4 is 0 Å².